The predicted molar refractivity (Wildman–Crippen MR) is 65.2 cm³/mol. The number of hydrogen-bond acceptors (Lipinski definition) is 1. The molecule has 0 atom stereocenters. The van der Waals surface area contributed by atoms with Gasteiger partial charge in [0.2, 0.25) is 0 Å². The van der Waals surface area contributed by atoms with Crippen molar-refractivity contribution in [2.24, 2.45) is 5.92 Å². The van der Waals surface area contributed by atoms with Crippen molar-refractivity contribution in [3.8, 4) is 0 Å². The van der Waals surface area contributed by atoms with Gasteiger partial charge in [0, 0.05) is 0 Å². The van der Waals surface area contributed by atoms with Gasteiger partial charge in [-0.2, -0.15) is 0 Å². The summed E-state index contributed by atoms with van der Waals surface area (Å²) in [6.07, 6.45) is 3.60. The van der Waals surface area contributed by atoms with Gasteiger partial charge < -0.3 is 5.32 Å². The molecule has 0 saturated carbocycles. The van der Waals surface area contributed by atoms with Gasteiger partial charge in [-0.3, -0.25) is 0 Å². The van der Waals surface area contributed by atoms with Crippen LogP contribution >= 0.6 is 0 Å². The number of benzene rings is 1. The first-order chi connectivity index (χ1) is 7.66. The smallest absolute Gasteiger partial charge is 0.126 e. The lowest BCUT2D eigenvalue weighted by molar-refractivity contribution is 0.372. The molecule has 1 nitrogen and oxygen atoms in total. The number of rotatable bonds is 2. The van der Waals surface area contributed by atoms with Gasteiger partial charge in [-0.05, 0) is 74.9 Å². The summed E-state index contributed by atoms with van der Waals surface area (Å²) < 4.78 is 13.3. The molecule has 0 amide bonds. The molecule has 0 aliphatic carbocycles. The van der Waals surface area contributed by atoms with Gasteiger partial charge in [0.05, 0.1) is 0 Å². The van der Waals surface area contributed by atoms with Crippen molar-refractivity contribution in [2.75, 3.05) is 13.1 Å². The Morgan fingerprint density at radius 1 is 1.19 bits per heavy atom. The van der Waals surface area contributed by atoms with E-state index in [9.17, 15) is 4.39 Å². The Morgan fingerprint density at radius 3 is 2.56 bits per heavy atom. The van der Waals surface area contributed by atoms with Crippen LogP contribution in [0, 0.1) is 25.6 Å². The lowest BCUT2D eigenvalue weighted by Crippen LogP contribution is -2.28. The Labute approximate surface area is 97.1 Å². The van der Waals surface area contributed by atoms with E-state index in [0.717, 1.165) is 36.6 Å². The molecule has 2 rings (SSSR count). The molecule has 1 aromatic rings. The Balaban J connectivity index is 2.11. The lowest BCUT2D eigenvalue weighted by atomic mass is 9.88. The molecular weight excluding hydrogens is 201 g/mol. The van der Waals surface area contributed by atoms with Crippen molar-refractivity contribution in [1.29, 1.82) is 0 Å². The van der Waals surface area contributed by atoms with E-state index in [0.29, 0.717) is 0 Å². The highest BCUT2D eigenvalue weighted by Gasteiger charge is 2.15. The van der Waals surface area contributed by atoms with Crippen LogP contribution in [0.3, 0.4) is 0 Å². The van der Waals surface area contributed by atoms with Crippen molar-refractivity contribution in [2.45, 2.75) is 33.1 Å². The van der Waals surface area contributed by atoms with E-state index in [2.05, 4.69) is 5.32 Å². The summed E-state index contributed by atoms with van der Waals surface area (Å²) in [7, 11) is 0. The van der Waals surface area contributed by atoms with Gasteiger partial charge in [-0.15, -0.1) is 0 Å². The lowest BCUT2D eigenvalue weighted by Gasteiger charge is -2.23. The summed E-state index contributed by atoms with van der Waals surface area (Å²) in [5.74, 6) is 0.691. The molecular formula is C14H20FN. The first-order valence-corrected chi connectivity index (χ1v) is 6.13. The predicted octanol–water partition coefficient (Wildman–Crippen LogP) is 2.98. The molecule has 1 heterocycles. The van der Waals surface area contributed by atoms with Crippen molar-refractivity contribution < 1.29 is 4.39 Å². The van der Waals surface area contributed by atoms with E-state index in [1.165, 1.54) is 18.4 Å². The molecule has 0 unspecified atom stereocenters. The molecule has 1 aliphatic rings. The fourth-order valence-electron chi connectivity index (χ4n) is 2.46. The van der Waals surface area contributed by atoms with Crippen molar-refractivity contribution in [3.63, 3.8) is 0 Å². The molecule has 1 saturated heterocycles. The van der Waals surface area contributed by atoms with Crippen LogP contribution in [-0.4, -0.2) is 13.1 Å². The molecule has 1 aliphatic heterocycles. The van der Waals surface area contributed by atoms with Gasteiger partial charge in [0.25, 0.3) is 0 Å². The highest BCUT2D eigenvalue weighted by Crippen LogP contribution is 2.22. The van der Waals surface area contributed by atoms with E-state index in [1.54, 1.807) is 6.07 Å². The molecule has 1 fully saturated rings. The second kappa shape index (κ2) is 4.96. The zero-order valence-corrected chi connectivity index (χ0v) is 10.1. The minimum atomic E-state index is -0.0773. The molecule has 0 radical (unpaired) electrons. The summed E-state index contributed by atoms with van der Waals surface area (Å²) in [5, 5.41) is 3.38. The van der Waals surface area contributed by atoms with Crippen molar-refractivity contribution in [3.05, 3.63) is 34.6 Å². The Bertz CT molecular complexity index is 367. The quantitative estimate of drug-likeness (QED) is 0.809. The average Bonchev–Trinajstić information content (AvgIpc) is 2.27. The third kappa shape index (κ3) is 2.62. The van der Waals surface area contributed by atoms with Crippen LogP contribution < -0.4 is 5.32 Å². The molecule has 0 spiro atoms. The number of hydrogen-bond donors (Lipinski definition) is 1. The van der Waals surface area contributed by atoms with E-state index < -0.39 is 0 Å². The Kier molecular flexibility index (Phi) is 3.59. The zero-order valence-electron chi connectivity index (χ0n) is 10.1. The summed E-state index contributed by atoms with van der Waals surface area (Å²) in [4.78, 5) is 0. The number of nitrogens with one attached hydrogen (secondary N) is 1. The highest BCUT2D eigenvalue weighted by atomic mass is 19.1. The van der Waals surface area contributed by atoms with Gasteiger partial charge in [0.15, 0.2) is 0 Å². The number of aryl methyl sites for hydroxylation is 2. The minimum Gasteiger partial charge on any atom is -0.317 e. The maximum atomic E-state index is 13.3. The van der Waals surface area contributed by atoms with Crippen LogP contribution in [0.15, 0.2) is 12.1 Å². The van der Waals surface area contributed by atoms with Crippen LogP contribution in [0.1, 0.15) is 29.5 Å². The van der Waals surface area contributed by atoms with E-state index in [-0.39, 0.29) is 5.82 Å². The fourth-order valence-corrected chi connectivity index (χ4v) is 2.46. The monoisotopic (exact) mass is 221 g/mol. The second-order valence-corrected chi connectivity index (χ2v) is 4.93. The molecule has 1 N–H and O–H groups in total. The van der Waals surface area contributed by atoms with Crippen LogP contribution in [0.2, 0.25) is 0 Å². The first kappa shape index (κ1) is 11.6. The molecule has 88 valence electrons. The molecule has 2 heteroatoms. The maximum Gasteiger partial charge on any atom is 0.126 e. The van der Waals surface area contributed by atoms with Crippen molar-refractivity contribution >= 4 is 0 Å². The largest absolute Gasteiger partial charge is 0.317 e. The molecule has 16 heavy (non-hydrogen) atoms. The zero-order chi connectivity index (χ0) is 11.5. The molecule has 0 aromatic heterocycles. The molecule has 1 aromatic carbocycles. The highest BCUT2D eigenvalue weighted by molar-refractivity contribution is 5.32. The van der Waals surface area contributed by atoms with E-state index in [4.69, 9.17) is 0 Å². The van der Waals surface area contributed by atoms with Crippen LogP contribution in [0.5, 0.6) is 0 Å². The maximum absolute atomic E-state index is 13.3. The minimum absolute atomic E-state index is 0.0773. The number of halogens is 1. The third-order valence-electron chi connectivity index (χ3n) is 3.58. The Hall–Kier alpha value is -0.890. The van der Waals surface area contributed by atoms with E-state index in [1.807, 2.05) is 19.9 Å². The summed E-state index contributed by atoms with van der Waals surface area (Å²) in [6.45, 7) is 6.12. The van der Waals surface area contributed by atoms with Crippen LogP contribution in [0.4, 0.5) is 4.39 Å². The molecule has 0 bridgehead atoms. The standard InChI is InChI=1S/C14H20FN/c1-10-8-14(15)11(2)7-13(10)9-12-3-5-16-6-4-12/h7-8,12,16H,3-6,9H2,1-2H3. The summed E-state index contributed by atoms with van der Waals surface area (Å²) >= 11 is 0. The van der Waals surface area contributed by atoms with Gasteiger partial charge in [0.1, 0.15) is 5.82 Å². The number of piperidine rings is 1. The van der Waals surface area contributed by atoms with Crippen LogP contribution in [0.25, 0.3) is 0 Å². The summed E-state index contributed by atoms with van der Waals surface area (Å²) in [6, 6.07) is 3.69. The third-order valence-corrected chi connectivity index (χ3v) is 3.58. The van der Waals surface area contributed by atoms with Gasteiger partial charge >= 0.3 is 0 Å². The topological polar surface area (TPSA) is 12.0 Å². The van der Waals surface area contributed by atoms with E-state index >= 15 is 0 Å². The van der Waals surface area contributed by atoms with Crippen molar-refractivity contribution in [1.82, 2.24) is 5.32 Å². The fraction of sp³-hybridized carbons (Fsp3) is 0.571. The van der Waals surface area contributed by atoms with Gasteiger partial charge in [-0.1, -0.05) is 6.07 Å². The normalized spacial score (nSPS) is 17.7. The Morgan fingerprint density at radius 2 is 1.88 bits per heavy atom. The first-order valence-electron chi connectivity index (χ1n) is 6.13. The average molecular weight is 221 g/mol. The van der Waals surface area contributed by atoms with Crippen LogP contribution in [-0.2, 0) is 6.42 Å². The second-order valence-electron chi connectivity index (χ2n) is 4.93. The van der Waals surface area contributed by atoms with Gasteiger partial charge in [-0.25, -0.2) is 4.39 Å². The summed E-state index contributed by atoms with van der Waals surface area (Å²) in [5.41, 5.74) is 3.20. The SMILES string of the molecule is Cc1cc(CC2CCNCC2)c(C)cc1F.